The van der Waals surface area contributed by atoms with Crippen LogP contribution in [0.3, 0.4) is 0 Å². The van der Waals surface area contributed by atoms with E-state index in [0.717, 1.165) is 49.8 Å². The standard InChI is InChI=1S/C32H44FN5O12P2/c33-27-16-25-28(17-29(27)37-10-2-1-3-11-37)38(22-4-5-22)19-26(30(25)41)31(42)34-9-15-50-14-8-23(39)6-7-24(40)18-35-12-13-36(21-35)20-32(43,51(44,45)46)52(47,48)49/h12-13,16-17,19,21-22,24,40,43H,1-11,14-15,18,20H2,(H4-,34,42,44,45,46,47,48,49)/p+1. The lowest BCUT2D eigenvalue weighted by atomic mass is 10.1. The van der Waals surface area contributed by atoms with Gasteiger partial charge in [-0.1, -0.05) is 0 Å². The number of nitrogens with one attached hydrogen (secondary N) is 1. The zero-order chi connectivity index (χ0) is 37.8. The summed E-state index contributed by atoms with van der Waals surface area (Å²) < 4.78 is 48.1. The van der Waals surface area contributed by atoms with Crippen LogP contribution in [0.25, 0.3) is 10.9 Å². The molecule has 1 saturated carbocycles. The Morgan fingerprint density at radius 2 is 1.75 bits per heavy atom. The van der Waals surface area contributed by atoms with E-state index >= 15 is 4.39 Å². The molecule has 1 aliphatic carbocycles. The van der Waals surface area contributed by atoms with Crippen molar-refractivity contribution in [2.24, 2.45) is 0 Å². The molecular weight excluding hydrogens is 727 g/mol. The number of amides is 1. The molecule has 0 spiro atoms. The summed E-state index contributed by atoms with van der Waals surface area (Å²) in [6.07, 6.45) is 9.23. The number of ketones is 1. The van der Waals surface area contributed by atoms with Gasteiger partial charge in [0.25, 0.3) is 5.91 Å². The second-order valence-corrected chi connectivity index (χ2v) is 17.4. The van der Waals surface area contributed by atoms with Gasteiger partial charge in [0.2, 0.25) is 11.8 Å². The summed E-state index contributed by atoms with van der Waals surface area (Å²) in [6, 6.07) is 3.10. The highest BCUT2D eigenvalue weighted by atomic mass is 31.2. The van der Waals surface area contributed by atoms with Crippen molar-refractivity contribution in [2.45, 2.75) is 81.7 Å². The first kappa shape index (κ1) is 39.9. The number of aromatic nitrogens is 3. The molecule has 1 saturated heterocycles. The number of carbonyl (C=O) groups excluding carboxylic acids is 2. The van der Waals surface area contributed by atoms with Crippen LogP contribution in [0.2, 0.25) is 0 Å². The third-order valence-corrected chi connectivity index (χ3v) is 13.0. The van der Waals surface area contributed by atoms with Gasteiger partial charge in [-0.2, -0.15) is 0 Å². The number of nitrogens with zero attached hydrogens (tertiary/aromatic N) is 4. The van der Waals surface area contributed by atoms with Crippen molar-refractivity contribution in [3.05, 3.63) is 58.7 Å². The molecule has 7 N–H and O–H groups in total. The smallest absolute Gasteiger partial charge is 0.373 e. The fourth-order valence-corrected chi connectivity index (χ4v) is 8.25. The monoisotopic (exact) mass is 772 g/mol. The second kappa shape index (κ2) is 16.4. The van der Waals surface area contributed by atoms with Gasteiger partial charge in [0.05, 0.1) is 30.5 Å². The highest BCUT2D eigenvalue weighted by Gasteiger charge is 2.61. The Balaban J connectivity index is 1.04. The van der Waals surface area contributed by atoms with E-state index in [0.29, 0.717) is 11.2 Å². The Bertz CT molecular complexity index is 1910. The lowest BCUT2D eigenvalue weighted by Crippen LogP contribution is -2.46. The molecule has 3 aromatic rings. The molecule has 1 aromatic carbocycles. The number of aliphatic hydroxyl groups is 2. The van der Waals surface area contributed by atoms with Crippen molar-refractivity contribution < 1.29 is 62.2 Å². The van der Waals surface area contributed by atoms with Crippen molar-refractivity contribution in [1.29, 1.82) is 0 Å². The van der Waals surface area contributed by atoms with Crippen LogP contribution < -0.4 is 20.2 Å². The van der Waals surface area contributed by atoms with E-state index in [1.54, 1.807) is 12.3 Å². The Labute approximate surface area is 298 Å². The Morgan fingerprint density at radius 3 is 2.40 bits per heavy atom. The van der Waals surface area contributed by atoms with Crippen molar-refractivity contribution in [3.63, 3.8) is 0 Å². The largest absolute Gasteiger partial charge is 0.389 e. The molecule has 0 radical (unpaired) electrons. The number of imidazole rings is 1. The number of hydrogen-bond acceptors (Lipinski definition) is 9. The van der Waals surface area contributed by atoms with Gasteiger partial charge in [-0.3, -0.25) is 23.5 Å². The van der Waals surface area contributed by atoms with E-state index in [1.807, 2.05) is 9.47 Å². The van der Waals surface area contributed by atoms with Crippen molar-refractivity contribution in [3.8, 4) is 0 Å². The lowest BCUT2D eigenvalue weighted by Gasteiger charge is -2.29. The molecule has 286 valence electrons. The normalized spacial score (nSPS) is 16.3. The van der Waals surface area contributed by atoms with Gasteiger partial charge in [-0.05, 0) is 50.7 Å². The summed E-state index contributed by atoms with van der Waals surface area (Å²) >= 11 is 0. The zero-order valence-electron chi connectivity index (χ0n) is 28.4. The highest BCUT2D eigenvalue weighted by molar-refractivity contribution is 7.72. The Hall–Kier alpha value is -3.31. The van der Waals surface area contributed by atoms with Gasteiger partial charge in [0.15, 0.2) is 0 Å². The quantitative estimate of drug-likeness (QED) is 0.0545. The average Bonchev–Trinajstić information content (AvgIpc) is 3.84. The van der Waals surface area contributed by atoms with Crippen molar-refractivity contribution in [1.82, 2.24) is 14.5 Å². The minimum absolute atomic E-state index is 0.00798. The first-order valence-electron chi connectivity index (χ1n) is 17.1. The average molecular weight is 773 g/mol. The molecule has 2 aromatic heterocycles. The van der Waals surface area contributed by atoms with Gasteiger partial charge in [0.1, 0.15) is 42.6 Å². The van der Waals surface area contributed by atoms with Gasteiger partial charge >= 0.3 is 20.3 Å². The Kier molecular flexibility index (Phi) is 12.6. The molecule has 20 heteroatoms. The molecule has 1 unspecified atom stereocenters. The molecule has 1 amide bonds. The van der Waals surface area contributed by atoms with Crippen LogP contribution in [0.1, 0.15) is 67.8 Å². The minimum atomic E-state index is -5.64. The third kappa shape index (κ3) is 9.43. The maximum atomic E-state index is 15.2. The molecule has 2 aliphatic rings. The predicted molar refractivity (Wildman–Crippen MR) is 184 cm³/mol. The highest BCUT2D eigenvalue weighted by Crippen LogP contribution is 2.67. The maximum absolute atomic E-state index is 15.2. The van der Waals surface area contributed by atoms with E-state index in [9.17, 15) is 53.3 Å². The van der Waals surface area contributed by atoms with Gasteiger partial charge in [-0.15, -0.1) is 0 Å². The number of aliphatic hydroxyl groups excluding tert-OH is 1. The van der Waals surface area contributed by atoms with Crippen LogP contribution in [0.5, 0.6) is 0 Å². The molecule has 17 nitrogen and oxygen atoms in total. The molecular formula is C32H45FN5O12P2+. The molecule has 2 fully saturated rings. The fraction of sp³-hybridized carbons (Fsp3) is 0.562. The van der Waals surface area contributed by atoms with E-state index in [2.05, 4.69) is 5.32 Å². The van der Waals surface area contributed by atoms with Crippen LogP contribution >= 0.6 is 15.2 Å². The predicted octanol–water partition coefficient (Wildman–Crippen LogP) is 1.10. The van der Waals surface area contributed by atoms with Crippen LogP contribution in [-0.2, 0) is 31.8 Å². The van der Waals surface area contributed by atoms with E-state index in [1.165, 1.54) is 29.4 Å². The van der Waals surface area contributed by atoms with E-state index in [4.69, 9.17) is 4.74 Å². The summed E-state index contributed by atoms with van der Waals surface area (Å²) in [5.74, 6) is -1.30. The van der Waals surface area contributed by atoms with E-state index < -0.39 is 50.1 Å². The number of ether oxygens (including phenoxy) is 1. The summed E-state index contributed by atoms with van der Waals surface area (Å²) in [4.78, 5) is 78.0. The molecule has 1 aliphatic heterocycles. The number of piperidine rings is 1. The summed E-state index contributed by atoms with van der Waals surface area (Å²) in [6.45, 7) is 0.506. The van der Waals surface area contributed by atoms with Crippen LogP contribution in [0, 0.1) is 5.82 Å². The number of halogens is 1. The van der Waals surface area contributed by atoms with Gasteiger partial charge in [0, 0.05) is 50.1 Å². The first-order valence-corrected chi connectivity index (χ1v) is 20.3. The second-order valence-electron chi connectivity index (χ2n) is 13.4. The SMILES string of the molecule is O=C(CCOCCNC(=O)c1cn(C2CC2)c2cc(N3CCCCC3)c(F)cc2c1=O)CCC(O)Cn1cc[n+](CC(O)(P(=O)(O)O)P(=O)(O)O)c1. The number of Topliss-reactive ketones (excluding diaryl/α,β-unsaturated/α-hetero) is 1. The van der Waals surface area contributed by atoms with Crippen molar-refractivity contribution in [2.75, 3.05) is 37.7 Å². The number of pyridine rings is 1. The Morgan fingerprint density at radius 1 is 1.06 bits per heavy atom. The van der Waals surface area contributed by atoms with E-state index in [-0.39, 0.29) is 68.3 Å². The summed E-state index contributed by atoms with van der Waals surface area (Å²) in [7, 11) is -11.3. The summed E-state index contributed by atoms with van der Waals surface area (Å²) in [5, 5.41) is 19.6. The summed E-state index contributed by atoms with van der Waals surface area (Å²) in [5.41, 5.74) is 0.446. The molecule has 5 rings (SSSR count). The number of anilines is 1. The minimum Gasteiger partial charge on any atom is -0.389 e. The first-order chi connectivity index (χ1) is 24.5. The fourth-order valence-electron chi connectivity index (χ4n) is 6.20. The number of carbonyl (C=O) groups is 2. The molecule has 3 heterocycles. The number of benzene rings is 1. The van der Waals surface area contributed by atoms with Gasteiger partial charge < -0.3 is 49.3 Å². The lowest BCUT2D eigenvalue weighted by molar-refractivity contribution is -0.703. The maximum Gasteiger partial charge on any atom is 0.373 e. The molecule has 1 atom stereocenters. The number of rotatable bonds is 18. The van der Waals surface area contributed by atoms with Gasteiger partial charge in [-0.25, -0.2) is 13.5 Å². The van der Waals surface area contributed by atoms with Crippen molar-refractivity contribution >= 4 is 43.5 Å². The van der Waals surface area contributed by atoms with Crippen LogP contribution in [0.15, 0.2) is 41.8 Å². The molecule has 52 heavy (non-hydrogen) atoms. The topological polar surface area (TPSA) is 245 Å². The zero-order valence-corrected chi connectivity index (χ0v) is 30.2. The third-order valence-electron chi connectivity index (χ3n) is 9.29. The number of fused-ring (bicyclic) bond motifs is 1. The van der Waals surface area contributed by atoms with Crippen LogP contribution in [-0.4, -0.2) is 94.6 Å². The molecule has 0 bridgehead atoms. The number of hydrogen-bond donors (Lipinski definition) is 7. The van der Waals surface area contributed by atoms with Crippen LogP contribution in [0.4, 0.5) is 10.1 Å².